The Bertz CT molecular complexity index is 1240. The molecule has 4 rings (SSSR count). The summed E-state index contributed by atoms with van der Waals surface area (Å²) in [7, 11) is 0. The summed E-state index contributed by atoms with van der Waals surface area (Å²) in [4.78, 5) is 38.5. The van der Waals surface area contributed by atoms with E-state index < -0.39 is 23.5 Å². The molecule has 1 fully saturated rings. The van der Waals surface area contributed by atoms with E-state index >= 15 is 0 Å². The number of aliphatic hydroxyl groups excluding tert-OH is 1. The van der Waals surface area contributed by atoms with E-state index in [1.54, 1.807) is 60.7 Å². The third-order valence-electron chi connectivity index (χ3n) is 5.16. The molecule has 0 aliphatic carbocycles. The zero-order valence-corrected chi connectivity index (χ0v) is 17.1. The van der Waals surface area contributed by atoms with Gasteiger partial charge in [-0.15, -0.1) is 0 Å². The molecule has 3 aromatic carbocycles. The fraction of sp³-hybridized carbons (Fsp3) is 0.0800. The van der Waals surface area contributed by atoms with Crippen molar-refractivity contribution in [1.82, 2.24) is 0 Å². The highest BCUT2D eigenvalue weighted by molar-refractivity contribution is 6.51. The van der Waals surface area contributed by atoms with Gasteiger partial charge >= 0.3 is 0 Å². The van der Waals surface area contributed by atoms with E-state index in [-0.39, 0.29) is 22.8 Å². The van der Waals surface area contributed by atoms with Gasteiger partial charge < -0.3 is 10.4 Å². The number of nitrogens with zero attached hydrogens (tertiary/aromatic N) is 1. The monoisotopic (exact) mass is 430 g/mol. The van der Waals surface area contributed by atoms with Gasteiger partial charge in [-0.25, -0.2) is 4.39 Å². The van der Waals surface area contributed by atoms with Gasteiger partial charge in [0, 0.05) is 29.4 Å². The fourth-order valence-electron chi connectivity index (χ4n) is 3.75. The summed E-state index contributed by atoms with van der Waals surface area (Å²) in [5.74, 6) is -3.05. The second kappa shape index (κ2) is 8.47. The number of benzene rings is 3. The van der Waals surface area contributed by atoms with E-state index in [0.29, 0.717) is 16.9 Å². The number of Topliss-reactive ketones (excluding diaryl/α,β-unsaturated/α-hetero) is 1. The van der Waals surface area contributed by atoms with E-state index in [1.165, 1.54) is 25.1 Å². The normalized spacial score (nSPS) is 17.4. The molecule has 1 aliphatic rings. The van der Waals surface area contributed by atoms with Crippen LogP contribution >= 0.6 is 0 Å². The van der Waals surface area contributed by atoms with Crippen LogP contribution in [0.3, 0.4) is 0 Å². The number of aliphatic hydroxyl groups is 1. The average Bonchev–Trinajstić information content (AvgIpc) is 3.05. The zero-order valence-electron chi connectivity index (χ0n) is 17.1. The molecule has 2 N–H and O–H groups in total. The van der Waals surface area contributed by atoms with Crippen LogP contribution in [0.5, 0.6) is 0 Å². The van der Waals surface area contributed by atoms with Gasteiger partial charge in [0.1, 0.15) is 11.6 Å². The molecule has 3 aromatic rings. The number of carbonyl (C=O) groups excluding carboxylic acids is 3. The first kappa shape index (κ1) is 21.0. The summed E-state index contributed by atoms with van der Waals surface area (Å²) < 4.78 is 14.8. The van der Waals surface area contributed by atoms with Crippen molar-refractivity contribution in [3.63, 3.8) is 0 Å². The lowest BCUT2D eigenvalue weighted by molar-refractivity contribution is -0.132. The fourth-order valence-corrected chi connectivity index (χ4v) is 3.75. The van der Waals surface area contributed by atoms with E-state index in [2.05, 4.69) is 5.32 Å². The van der Waals surface area contributed by atoms with Crippen molar-refractivity contribution in [2.75, 3.05) is 10.2 Å². The van der Waals surface area contributed by atoms with Crippen LogP contribution in [0.1, 0.15) is 24.1 Å². The van der Waals surface area contributed by atoms with Gasteiger partial charge in [0.25, 0.3) is 11.7 Å². The molecule has 160 valence electrons. The molecule has 1 atom stereocenters. The molecule has 0 spiro atoms. The summed E-state index contributed by atoms with van der Waals surface area (Å²) in [5.41, 5.74) is 1.05. The largest absolute Gasteiger partial charge is 0.507 e. The van der Waals surface area contributed by atoms with Crippen LogP contribution in [-0.2, 0) is 14.4 Å². The number of anilines is 2. The van der Waals surface area contributed by atoms with Gasteiger partial charge in [-0.1, -0.05) is 48.5 Å². The molecule has 6 nitrogen and oxygen atoms in total. The van der Waals surface area contributed by atoms with Gasteiger partial charge in [-0.05, 0) is 30.3 Å². The van der Waals surface area contributed by atoms with Crippen molar-refractivity contribution in [1.29, 1.82) is 0 Å². The minimum absolute atomic E-state index is 0.0788. The van der Waals surface area contributed by atoms with E-state index in [0.717, 1.165) is 4.90 Å². The van der Waals surface area contributed by atoms with E-state index in [1.807, 2.05) is 0 Å². The molecule has 0 aromatic heterocycles. The van der Waals surface area contributed by atoms with E-state index in [9.17, 15) is 23.9 Å². The third kappa shape index (κ3) is 3.76. The Morgan fingerprint density at radius 1 is 0.938 bits per heavy atom. The number of hydrogen-bond acceptors (Lipinski definition) is 4. The molecule has 7 heteroatoms. The lowest BCUT2D eigenvalue weighted by Crippen LogP contribution is -2.29. The van der Waals surface area contributed by atoms with Crippen LogP contribution in [0.25, 0.3) is 5.76 Å². The van der Waals surface area contributed by atoms with Crippen molar-refractivity contribution in [2.45, 2.75) is 13.0 Å². The van der Waals surface area contributed by atoms with Crippen LogP contribution in [0, 0.1) is 5.82 Å². The van der Waals surface area contributed by atoms with Crippen molar-refractivity contribution in [3.8, 4) is 0 Å². The molecule has 1 aliphatic heterocycles. The molecule has 2 amide bonds. The SMILES string of the molecule is CC(=O)Nc1ccc(N2C(=O)C(=O)/C(=C(/O)c3ccccc3)[C@H]2c2ccccc2F)cc1. The van der Waals surface area contributed by atoms with Crippen LogP contribution in [0.2, 0.25) is 0 Å². The van der Waals surface area contributed by atoms with Crippen LogP contribution in [-0.4, -0.2) is 22.7 Å². The Hall–Kier alpha value is -4.26. The minimum atomic E-state index is -1.16. The highest BCUT2D eigenvalue weighted by Crippen LogP contribution is 2.43. The first-order chi connectivity index (χ1) is 15.4. The number of carbonyl (C=O) groups is 3. The average molecular weight is 430 g/mol. The maximum absolute atomic E-state index is 14.8. The highest BCUT2D eigenvalue weighted by atomic mass is 19.1. The molecule has 0 bridgehead atoms. The van der Waals surface area contributed by atoms with Gasteiger partial charge in [-0.3, -0.25) is 19.3 Å². The van der Waals surface area contributed by atoms with Gasteiger partial charge in [0.2, 0.25) is 5.91 Å². The number of nitrogens with one attached hydrogen (secondary N) is 1. The molecule has 32 heavy (non-hydrogen) atoms. The topological polar surface area (TPSA) is 86.7 Å². The minimum Gasteiger partial charge on any atom is -0.507 e. The van der Waals surface area contributed by atoms with Gasteiger partial charge in [-0.2, -0.15) is 0 Å². The molecule has 0 unspecified atom stereocenters. The summed E-state index contributed by atoms with van der Waals surface area (Å²) in [6, 6.07) is 19.2. The van der Waals surface area contributed by atoms with Crippen molar-refractivity contribution in [2.24, 2.45) is 0 Å². The number of hydrogen-bond donors (Lipinski definition) is 2. The summed E-state index contributed by atoms with van der Waals surface area (Å²) in [5, 5.41) is 13.6. The number of halogens is 1. The quantitative estimate of drug-likeness (QED) is 0.365. The van der Waals surface area contributed by atoms with Crippen LogP contribution in [0.4, 0.5) is 15.8 Å². The van der Waals surface area contributed by atoms with E-state index in [4.69, 9.17) is 0 Å². The second-order valence-corrected chi connectivity index (χ2v) is 7.28. The number of ketones is 1. The lowest BCUT2D eigenvalue weighted by atomic mass is 9.94. The molecule has 0 saturated carbocycles. The Kier molecular flexibility index (Phi) is 5.55. The summed E-state index contributed by atoms with van der Waals surface area (Å²) >= 11 is 0. The molecule has 1 saturated heterocycles. The first-order valence-electron chi connectivity index (χ1n) is 9.87. The molecular weight excluding hydrogens is 411 g/mol. The maximum Gasteiger partial charge on any atom is 0.300 e. The van der Waals surface area contributed by atoms with Crippen molar-refractivity contribution in [3.05, 3.63) is 101 Å². The van der Waals surface area contributed by atoms with Crippen molar-refractivity contribution >= 4 is 34.7 Å². The summed E-state index contributed by atoms with van der Waals surface area (Å²) in [6.07, 6.45) is 0. The smallest absolute Gasteiger partial charge is 0.300 e. The summed E-state index contributed by atoms with van der Waals surface area (Å²) in [6.45, 7) is 1.37. The Morgan fingerprint density at radius 2 is 1.56 bits per heavy atom. The Morgan fingerprint density at radius 3 is 2.19 bits per heavy atom. The molecule has 1 heterocycles. The standard InChI is InChI=1S/C25H19FN2O4/c1-15(29)27-17-11-13-18(14-12-17)28-22(19-9-5-6-10-20(19)26)21(24(31)25(28)32)23(30)16-7-3-2-4-8-16/h2-14,22,30H,1H3,(H,27,29)/b23-21+/t22-/m1/s1. The first-order valence-corrected chi connectivity index (χ1v) is 9.87. The number of amides is 2. The number of rotatable bonds is 4. The molecule has 0 radical (unpaired) electrons. The van der Waals surface area contributed by atoms with Gasteiger partial charge in [0.15, 0.2) is 0 Å². The van der Waals surface area contributed by atoms with Gasteiger partial charge in [0.05, 0.1) is 11.6 Å². The zero-order chi connectivity index (χ0) is 22.8. The van der Waals surface area contributed by atoms with Crippen LogP contribution < -0.4 is 10.2 Å². The second-order valence-electron chi connectivity index (χ2n) is 7.28. The third-order valence-corrected chi connectivity index (χ3v) is 5.16. The van der Waals surface area contributed by atoms with Crippen LogP contribution in [0.15, 0.2) is 84.4 Å². The molecular formula is C25H19FN2O4. The predicted octanol–water partition coefficient (Wildman–Crippen LogP) is 4.41. The van der Waals surface area contributed by atoms with Crippen molar-refractivity contribution < 1.29 is 23.9 Å². The Balaban J connectivity index is 1.89. The maximum atomic E-state index is 14.8. The highest BCUT2D eigenvalue weighted by Gasteiger charge is 2.47. The Labute approximate surface area is 183 Å². The lowest BCUT2D eigenvalue weighted by Gasteiger charge is -2.26. The predicted molar refractivity (Wildman–Crippen MR) is 118 cm³/mol.